The van der Waals surface area contributed by atoms with Gasteiger partial charge in [-0.25, -0.2) is 4.98 Å². The summed E-state index contributed by atoms with van der Waals surface area (Å²) < 4.78 is 0. The molecule has 2 aliphatic carbocycles. The number of pyridine rings is 1. The van der Waals surface area contributed by atoms with Gasteiger partial charge in [-0.3, -0.25) is 0 Å². The van der Waals surface area contributed by atoms with Crippen LogP contribution < -0.4 is 0 Å². The third-order valence-corrected chi connectivity index (χ3v) is 6.29. The second kappa shape index (κ2) is 6.17. The summed E-state index contributed by atoms with van der Waals surface area (Å²) in [7, 11) is 0. The summed E-state index contributed by atoms with van der Waals surface area (Å²) in [4.78, 5) is 5.32. The summed E-state index contributed by atoms with van der Waals surface area (Å²) in [5.41, 5.74) is 13.5. The Hall–Kier alpha value is -3.19. The summed E-state index contributed by atoms with van der Waals surface area (Å²) >= 11 is 0. The molecule has 0 saturated carbocycles. The third-order valence-electron chi connectivity index (χ3n) is 6.29. The van der Waals surface area contributed by atoms with Crippen molar-refractivity contribution >= 4 is 0 Å². The maximum absolute atomic E-state index is 5.32. The molecule has 1 heterocycles. The third kappa shape index (κ3) is 2.29. The van der Waals surface area contributed by atoms with Crippen LogP contribution in [-0.2, 0) is 25.7 Å². The van der Waals surface area contributed by atoms with E-state index >= 15 is 0 Å². The number of nitrogens with zero attached hydrogens (tertiary/aromatic N) is 1. The van der Waals surface area contributed by atoms with Gasteiger partial charge in [0.25, 0.3) is 0 Å². The predicted octanol–water partition coefficient (Wildman–Crippen LogP) is 6.28. The molecule has 1 heteroatoms. The Kier molecular flexibility index (Phi) is 3.49. The van der Waals surface area contributed by atoms with Gasteiger partial charge in [0.2, 0.25) is 0 Å². The van der Waals surface area contributed by atoms with Crippen molar-refractivity contribution in [2.75, 3.05) is 0 Å². The molecule has 3 aromatic carbocycles. The molecule has 0 fully saturated rings. The molecule has 0 bridgehead atoms. The standard InChI is InChI=1S/C27H21N/c1-2-10-20(11-3-1)25-23-16-14-18-8-4-6-12-21(18)26(23)28-27-22-13-7-5-9-19(22)15-17-24(25)27/h1-13H,14-17H2. The van der Waals surface area contributed by atoms with Gasteiger partial charge in [0.1, 0.15) is 0 Å². The van der Waals surface area contributed by atoms with Crippen molar-refractivity contribution in [2.45, 2.75) is 25.7 Å². The largest absolute Gasteiger partial charge is 0.247 e. The van der Waals surface area contributed by atoms with Gasteiger partial charge < -0.3 is 0 Å². The average molecular weight is 359 g/mol. The molecule has 134 valence electrons. The minimum Gasteiger partial charge on any atom is -0.247 e. The van der Waals surface area contributed by atoms with Gasteiger partial charge >= 0.3 is 0 Å². The smallest absolute Gasteiger partial charge is 0.0750 e. The molecular formula is C27H21N. The van der Waals surface area contributed by atoms with Gasteiger partial charge in [-0.1, -0.05) is 78.9 Å². The lowest BCUT2D eigenvalue weighted by Crippen LogP contribution is -2.14. The summed E-state index contributed by atoms with van der Waals surface area (Å²) in [6.45, 7) is 0. The van der Waals surface area contributed by atoms with Gasteiger partial charge in [0.05, 0.1) is 11.4 Å². The number of hydrogen-bond donors (Lipinski definition) is 0. The van der Waals surface area contributed by atoms with Crippen LogP contribution >= 0.6 is 0 Å². The van der Waals surface area contributed by atoms with E-state index in [1.807, 2.05) is 0 Å². The number of aromatic nitrogens is 1. The van der Waals surface area contributed by atoms with Crippen LogP contribution in [0.3, 0.4) is 0 Å². The molecule has 0 saturated heterocycles. The first-order chi connectivity index (χ1) is 13.9. The Balaban J connectivity index is 1.73. The van der Waals surface area contributed by atoms with E-state index in [1.54, 1.807) is 0 Å². The molecule has 0 N–H and O–H groups in total. The Bertz CT molecular complexity index is 1130. The molecule has 0 aliphatic heterocycles. The molecule has 2 aliphatic rings. The molecule has 1 aromatic heterocycles. The quantitative estimate of drug-likeness (QED) is 0.390. The maximum atomic E-state index is 5.32. The highest BCUT2D eigenvalue weighted by atomic mass is 14.7. The molecule has 0 radical (unpaired) electrons. The molecule has 0 amide bonds. The Morgan fingerprint density at radius 3 is 1.57 bits per heavy atom. The molecule has 28 heavy (non-hydrogen) atoms. The van der Waals surface area contributed by atoms with Gasteiger partial charge in [-0.05, 0) is 59.1 Å². The minimum atomic E-state index is 1.07. The summed E-state index contributed by atoms with van der Waals surface area (Å²) in [5, 5.41) is 0. The molecular weight excluding hydrogens is 338 g/mol. The normalized spacial score (nSPS) is 13.9. The number of fused-ring (bicyclic) bond motifs is 6. The van der Waals surface area contributed by atoms with Crippen molar-refractivity contribution in [3.05, 3.63) is 101 Å². The van der Waals surface area contributed by atoms with Gasteiger partial charge in [0, 0.05) is 11.1 Å². The van der Waals surface area contributed by atoms with E-state index in [0.717, 1.165) is 25.7 Å². The van der Waals surface area contributed by atoms with Gasteiger partial charge in [0.15, 0.2) is 0 Å². The van der Waals surface area contributed by atoms with E-state index in [0.29, 0.717) is 0 Å². The zero-order chi connectivity index (χ0) is 18.5. The van der Waals surface area contributed by atoms with Crippen LogP contribution in [0.4, 0.5) is 0 Å². The highest BCUT2D eigenvalue weighted by Crippen LogP contribution is 2.45. The van der Waals surface area contributed by atoms with Crippen molar-refractivity contribution in [3.63, 3.8) is 0 Å². The molecule has 1 nitrogen and oxygen atoms in total. The monoisotopic (exact) mass is 359 g/mol. The van der Waals surface area contributed by atoms with Crippen molar-refractivity contribution in [2.24, 2.45) is 0 Å². The molecule has 0 unspecified atom stereocenters. The second-order valence-corrected chi connectivity index (χ2v) is 7.82. The van der Waals surface area contributed by atoms with Crippen molar-refractivity contribution in [3.8, 4) is 33.6 Å². The van der Waals surface area contributed by atoms with Crippen LogP contribution in [0, 0.1) is 0 Å². The van der Waals surface area contributed by atoms with Crippen LogP contribution in [0.5, 0.6) is 0 Å². The minimum absolute atomic E-state index is 1.07. The highest BCUT2D eigenvalue weighted by Gasteiger charge is 2.28. The van der Waals surface area contributed by atoms with Crippen LogP contribution in [-0.4, -0.2) is 4.98 Å². The van der Waals surface area contributed by atoms with Crippen LogP contribution in [0.1, 0.15) is 22.3 Å². The lowest BCUT2D eigenvalue weighted by molar-refractivity contribution is 0.892. The zero-order valence-electron chi connectivity index (χ0n) is 15.8. The van der Waals surface area contributed by atoms with Crippen LogP contribution in [0.25, 0.3) is 33.6 Å². The fraction of sp³-hybridized carbons (Fsp3) is 0.148. The van der Waals surface area contributed by atoms with Crippen molar-refractivity contribution < 1.29 is 0 Å². The Morgan fingerprint density at radius 1 is 0.500 bits per heavy atom. The van der Waals surface area contributed by atoms with E-state index in [1.165, 1.54) is 55.9 Å². The molecule has 0 atom stereocenters. The van der Waals surface area contributed by atoms with Crippen molar-refractivity contribution in [1.29, 1.82) is 0 Å². The Labute approximate surface area is 165 Å². The summed E-state index contributed by atoms with van der Waals surface area (Å²) in [6.07, 6.45) is 4.33. The van der Waals surface area contributed by atoms with E-state index in [-0.39, 0.29) is 0 Å². The van der Waals surface area contributed by atoms with Crippen molar-refractivity contribution in [1.82, 2.24) is 4.98 Å². The number of hydrogen-bond acceptors (Lipinski definition) is 1. The molecule has 6 rings (SSSR count). The summed E-state index contributed by atoms with van der Waals surface area (Å²) in [5.74, 6) is 0. The fourth-order valence-corrected chi connectivity index (χ4v) is 5.01. The number of aryl methyl sites for hydroxylation is 2. The van der Waals surface area contributed by atoms with Crippen LogP contribution in [0.2, 0.25) is 0 Å². The second-order valence-electron chi connectivity index (χ2n) is 7.82. The van der Waals surface area contributed by atoms with E-state index < -0.39 is 0 Å². The van der Waals surface area contributed by atoms with Gasteiger partial charge in [-0.2, -0.15) is 0 Å². The highest BCUT2D eigenvalue weighted by molar-refractivity contribution is 5.87. The van der Waals surface area contributed by atoms with E-state index in [9.17, 15) is 0 Å². The number of rotatable bonds is 1. The van der Waals surface area contributed by atoms with Crippen LogP contribution in [0.15, 0.2) is 78.9 Å². The maximum Gasteiger partial charge on any atom is 0.0750 e. The predicted molar refractivity (Wildman–Crippen MR) is 115 cm³/mol. The average Bonchev–Trinajstić information content (AvgIpc) is 2.78. The lowest BCUT2D eigenvalue weighted by atomic mass is 9.78. The number of benzene rings is 3. The molecule has 4 aromatic rings. The topological polar surface area (TPSA) is 12.9 Å². The zero-order valence-corrected chi connectivity index (χ0v) is 15.8. The first-order valence-corrected chi connectivity index (χ1v) is 10.2. The first-order valence-electron chi connectivity index (χ1n) is 10.2. The molecule has 0 spiro atoms. The summed E-state index contributed by atoms with van der Waals surface area (Å²) in [6, 6.07) is 28.5. The Morgan fingerprint density at radius 2 is 1.00 bits per heavy atom. The van der Waals surface area contributed by atoms with E-state index in [2.05, 4.69) is 78.9 Å². The lowest BCUT2D eigenvalue weighted by Gasteiger charge is -2.29. The van der Waals surface area contributed by atoms with Gasteiger partial charge in [-0.15, -0.1) is 0 Å². The fourth-order valence-electron chi connectivity index (χ4n) is 5.01. The SMILES string of the molecule is c1ccc(-c2c3c(nc4c2CCc2ccccc2-4)-c2ccccc2CC3)cc1. The first kappa shape index (κ1) is 15.8. The van der Waals surface area contributed by atoms with E-state index in [4.69, 9.17) is 4.98 Å².